The van der Waals surface area contributed by atoms with Gasteiger partial charge in [-0.2, -0.15) is 0 Å². The number of rotatable bonds is 7. The second kappa shape index (κ2) is 7.18. The fourth-order valence-electron chi connectivity index (χ4n) is 2.24. The highest BCUT2D eigenvalue weighted by Gasteiger charge is 2.14. The second-order valence-electron chi connectivity index (χ2n) is 5.20. The Kier molecular flexibility index (Phi) is 5.53. The molecule has 1 aromatic heterocycles. The largest absolute Gasteiger partial charge is 0.379 e. The lowest BCUT2D eigenvalue weighted by Gasteiger charge is -2.09. The van der Waals surface area contributed by atoms with Gasteiger partial charge in [0.25, 0.3) is 0 Å². The summed E-state index contributed by atoms with van der Waals surface area (Å²) in [5.41, 5.74) is 0.624. The van der Waals surface area contributed by atoms with Crippen molar-refractivity contribution in [1.82, 2.24) is 9.55 Å². The van der Waals surface area contributed by atoms with Gasteiger partial charge in [-0.25, -0.2) is 13.8 Å². The molecule has 0 aliphatic rings. The number of alkyl halides is 1. The van der Waals surface area contributed by atoms with Crippen molar-refractivity contribution in [3.05, 3.63) is 29.6 Å². The zero-order valence-electron chi connectivity index (χ0n) is 12.2. The van der Waals surface area contributed by atoms with E-state index in [0.717, 1.165) is 18.9 Å². The highest BCUT2D eigenvalue weighted by Crippen LogP contribution is 2.22. The average molecular weight is 317 g/mol. The maximum Gasteiger partial charge on any atom is 0.153 e. The predicted molar refractivity (Wildman–Crippen MR) is 79.5 cm³/mol. The van der Waals surface area contributed by atoms with E-state index in [0.29, 0.717) is 24.5 Å². The van der Waals surface area contributed by atoms with Crippen LogP contribution in [0, 0.1) is 11.6 Å². The zero-order chi connectivity index (χ0) is 15.4. The minimum Gasteiger partial charge on any atom is -0.379 e. The lowest BCUT2D eigenvalue weighted by Crippen LogP contribution is -2.07. The smallest absolute Gasteiger partial charge is 0.153 e. The predicted octanol–water partition coefficient (Wildman–Crippen LogP) is 4.26. The lowest BCUT2D eigenvalue weighted by atomic mass is 10.2. The van der Waals surface area contributed by atoms with Gasteiger partial charge in [0.15, 0.2) is 5.82 Å². The Morgan fingerprint density at radius 3 is 2.71 bits per heavy atom. The Hall–Kier alpha value is -1.20. The second-order valence-corrected chi connectivity index (χ2v) is 5.46. The van der Waals surface area contributed by atoms with E-state index in [9.17, 15) is 8.78 Å². The summed E-state index contributed by atoms with van der Waals surface area (Å²) in [5.74, 6) is -0.539. The molecule has 0 N–H and O–H groups in total. The van der Waals surface area contributed by atoms with Crippen LogP contribution in [0.15, 0.2) is 12.1 Å². The van der Waals surface area contributed by atoms with Crippen molar-refractivity contribution in [2.24, 2.45) is 0 Å². The van der Waals surface area contributed by atoms with Crippen molar-refractivity contribution in [3.8, 4) is 0 Å². The van der Waals surface area contributed by atoms with Crippen LogP contribution in [0.1, 0.15) is 32.5 Å². The van der Waals surface area contributed by atoms with Crippen molar-refractivity contribution in [2.45, 2.75) is 45.2 Å². The normalized spacial score (nSPS) is 11.7. The van der Waals surface area contributed by atoms with Gasteiger partial charge in [-0.05, 0) is 32.8 Å². The van der Waals surface area contributed by atoms with Crippen molar-refractivity contribution >= 4 is 22.6 Å². The molecule has 0 aliphatic heterocycles. The number of unbranched alkanes of at least 4 members (excludes halogenated alkanes) is 1. The fraction of sp³-hybridized carbons (Fsp3) is 0.533. The van der Waals surface area contributed by atoms with Gasteiger partial charge in [0, 0.05) is 19.2 Å². The van der Waals surface area contributed by atoms with Crippen LogP contribution in [0.25, 0.3) is 11.0 Å². The molecule has 2 aromatic rings. The van der Waals surface area contributed by atoms with E-state index in [1.54, 1.807) is 4.57 Å². The third-order valence-corrected chi connectivity index (χ3v) is 3.44. The van der Waals surface area contributed by atoms with Crippen LogP contribution < -0.4 is 0 Å². The monoisotopic (exact) mass is 316 g/mol. The molecule has 21 heavy (non-hydrogen) atoms. The molecule has 1 aromatic carbocycles. The molecule has 0 bridgehead atoms. The number of nitrogens with zero attached hydrogens (tertiary/aromatic N) is 2. The van der Waals surface area contributed by atoms with Crippen LogP contribution >= 0.6 is 11.6 Å². The quantitative estimate of drug-likeness (QED) is 0.564. The van der Waals surface area contributed by atoms with Gasteiger partial charge in [-0.3, -0.25) is 0 Å². The summed E-state index contributed by atoms with van der Waals surface area (Å²) in [6.07, 6.45) is 1.91. The molecule has 0 spiro atoms. The number of halogens is 3. The van der Waals surface area contributed by atoms with Gasteiger partial charge in [-0.1, -0.05) is 0 Å². The molecule has 116 valence electrons. The molecule has 0 radical (unpaired) electrons. The first-order chi connectivity index (χ1) is 10.0. The van der Waals surface area contributed by atoms with Gasteiger partial charge in [0.1, 0.15) is 17.2 Å². The fourth-order valence-corrected chi connectivity index (χ4v) is 2.44. The number of ether oxygens (including phenoxy) is 1. The lowest BCUT2D eigenvalue weighted by molar-refractivity contribution is 0.0754. The van der Waals surface area contributed by atoms with Gasteiger partial charge in [-0.15, -0.1) is 11.6 Å². The van der Waals surface area contributed by atoms with Crippen molar-refractivity contribution in [3.63, 3.8) is 0 Å². The minimum absolute atomic E-state index is 0.165. The van der Waals surface area contributed by atoms with Gasteiger partial charge in [0.2, 0.25) is 0 Å². The van der Waals surface area contributed by atoms with Crippen LogP contribution in [-0.4, -0.2) is 22.3 Å². The molecule has 0 aliphatic carbocycles. The molecule has 2 rings (SSSR count). The molecular weight excluding hydrogens is 298 g/mol. The van der Waals surface area contributed by atoms with E-state index in [4.69, 9.17) is 16.3 Å². The van der Waals surface area contributed by atoms with Gasteiger partial charge < -0.3 is 9.30 Å². The highest BCUT2D eigenvalue weighted by atomic mass is 35.5. The summed E-state index contributed by atoms with van der Waals surface area (Å²) < 4.78 is 34.4. The topological polar surface area (TPSA) is 27.1 Å². The molecule has 6 heteroatoms. The molecule has 0 amide bonds. The Morgan fingerprint density at radius 1 is 1.29 bits per heavy atom. The molecule has 1 heterocycles. The summed E-state index contributed by atoms with van der Waals surface area (Å²) in [6.45, 7) is 5.26. The number of benzene rings is 1. The van der Waals surface area contributed by atoms with Gasteiger partial charge in [0.05, 0.1) is 17.5 Å². The molecule has 0 saturated heterocycles. The summed E-state index contributed by atoms with van der Waals surface area (Å²) in [6, 6.07) is 2.14. The maximum absolute atomic E-state index is 13.7. The standard InChI is InChI=1S/C15H19ClF2N2O/c1-10(2)21-6-4-3-5-20-13-8-11(17)7-12(18)15(13)19-14(20)9-16/h7-8,10H,3-6,9H2,1-2H3. The molecule has 0 unspecified atom stereocenters. The maximum atomic E-state index is 13.7. The van der Waals surface area contributed by atoms with Crippen LogP contribution in [0.2, 0.25) is 0 Å². The van der Waals surface area contributed by atoms with Crippen molar-refractivity contribution < 1.29 is 13.5 Å². The highest BCUT2D eigenvalue weighted by molar-refractivity contribution is 6.16. The van der Waals surface area contributed by atoms with E-state index in [-0.39, 0.29) is 17.5 Å². The number of imidazole rings is 1. The number of hydrogen-bond donors (Lipinski definition) is 0. The van der Waals surface area contributed by atoms with E-state index in [1.165, 1.54) is 6.07 Å². The van der Waals surface area contributed by atoms with E-state index in [2.05, 4.69) is 4.98 Å². The summed E-state index contributed by atoms with van der Waals surface area (Å²) in [4.78, 5) is 4.16. The molecule has 0 atom stereocenters. The SMILES string of the molecule is CC(C)OCCCCn1c(CCl)nc2c(F)cc(F)cc21. The van der Waals surface area contributed by atoms with E-state index >= 15 is 0 Å². The first-order valence-electron chi connectivity index (χ1n) is 7.04. The van der Waals surface area contributed by atoms with Crippen molar-refractivity contribution in [1.29, 1.82) is 0 Å². The summed E-state index contributed by atoms with van der Waals surface area (Å²) >= 11 is 5.85. The van der Waals surface area contributed by atoms with Crippen LogP contribution in [0.3, 0.4) is 0 Å². The first kappa shape index (κ1) is 16.2. The minimum atomic E-state index is -0.654. The number of fused-ring (bicyclic) bond motifs is 1. The number of aromatic nitrogens is 2. The molecule has 0 fully saturated rings. The van der Waals surface area contributed by atoms with Crippen LogP contribution in [0.5, 0.6) is 0 Å². The molecular formula is C15H19ClF2N2O. The molecule has 3 nitrogen and oxygen atoms in total. The number of aryl methyl sites for hydroxylation is 1. The van der Waals surface area contributed by atoms with E-state index in [1.807, 2.05) is 13.8 Å². The Labute approximate surface area is 127 Å². The van der Waals surface area contributed by atoms with Crippen LogP contribution in [0.4, 0.5) is 8.78 Å². The van der Waals surface area contributed by atoms with Gasteiger partial charge >= 0.3 is 0 Å². The molecule has 0 saturated carbocycles. The Balaban J connectivity index is 2.14. The van der Waals surface area contributed by atoms with Crippen molar-refractivity contribution in [2.75, 3.05) is 6.61 Å². The Morgan fingerprint density at radius 2 is 2.05 bits per heavy atom. The number of hydrogen-bond acceptors (Lipinski definition) is 2. The summed E-state index contributed by atoms with van der Waals surface area (Å²) in [5, 5.41) is 0. The third-order valence-electron chi connectivity index (χ3n) is 3.20. The zero-order valence-corrected chi connectivity index (χ0v) is 13.0. The van der Waals surface area contributed by atoms with E-state index < -0.39 is 11.6 Å². The summed E-state index contributed by atoms with van der Waals surface area (Å²) in [7, 11) is 0. The third kappa shape index (κ3) is 3.92. The van der Waals surface area contributed by atoms with Crippen LogP contribution in [-0.2, 0) is 17.2 Å². The first-order valence-corrected chi connectivity index (χ1v) is 7.58. The average Bonchev–Trinajstić information content (AvgIpc) is 2.76. The Bertz CT molecular complexity index is 613.